The molecule has 0 aliphatic rings. The van der Waals surface area contributed by atoms with E-state index >= 15 is 0 Å². The zero-order valence-corrected chi connectivity index (χ0v) is 15.7. The number of amides is 1. The van der Waals surface area contributed by atoms with Crippen molar-refractivity contribution in [3.05, 3.63) is 60.6 Å². The quantitative estimate of drug-likeness (QED) is 0.648. The third-order valence-electron chi connectivity index (χ3n) is 3.90. The molecule has 3 rings (SSSR count). The highest BCUT2D eigenvalue weighted by Crippen LogP contribution is 2.30. The summed E-state index contributed by atoms with van der Waals surface area (Å²) in [6.45, 7) is 0. The molecular weight excluding hydrogens is 360 g/mol. The molecule has 1 aromatic heterocycles. The normalized spacial score (nSPS) is 10.1. The number of carbonyl (C=O) groups excluding carboxylic acids is 1. The van der Waals surface area contributed by atoms with Crippen molar-refractivity contribution in [2.45, 2.75) is 0 Å². The first-order valence-electron chi connectivity index (χ1n) is 8.39. The second-order valence-electron chi connectivity index (χ2n) is 5.66. The maximum Gasteiger partial charge on any atom is 0.275 e. The second kappa shape index (κ2) is 8.72. The SMILES string of the molecule is COc1ccc(NC(=O)c2cnc(Nc3ccc(OC)cc3OC)cn2)cc1. The minimum absolute atomic E-state index is 0.197. The van der Waals surface area contributed by atoms with E-state index in [-0.39, 0.29) is 11.6 Å². The molecule has 0 spiro atoms. The van der Waals surface area contributed by atoms with Crippen molar-refractivity contribution in [1.82, 2.24) is 9.97 Å². The summed E-state index contributed by atoms with van der Waals surface area (Å²) in [5.41, 5.74) is 1.54. The second-order valence-corrected chi connectivity index (χ2v) is 5.66. The summed E-state index contributed by atoms with van der Waals surface area (Å²) in [6.07, 6.45) is 2.88. The molecule has 28 heavy (non-hydrogen) atoms. The van der Waals surface area contributed by atoms with Crippen LogP contribution in [0.4, 0.5) is 17.2 Å². The Kier molecular flexibility index (Phi) is 5.91. The van der Waals surface area contributed by atoms with Crippen molar-refractivity contribution in [1.29, 1.82) is 0 Å². The lowest BCUT2D eigenvalue weighted by atomic mass is 10.2. The van der Waals surface area contributed by atoms with Crippen LogP contribution in [0.1, 0.15) is 10.5 Å². The van der Waals surface area contributed by atoms with Gasteiger partial charge in [-0.25, -0.2) is 9.97 Å². The molecule has 0 fully saturated rings. The maximum atomic E-state index is 12.3. The summed E-state index contributed by atoms with van der Waals surface area (Å²) in [5.74, 6) is 2.11. The van der Waals surface area contributed by atoms with E-state index in [1.807, 2.05) is 6.07 Å². The molecule has 0 aliphatic carbocycles. The first-order chi connectivity index (χ1) is 13.6. The van der Waals surface area contributed by atoms with Crippen LogP contribution in [0.3, 0.4) is 0 Å². The van der Waals surface area contributed by atoms with Crippen LogP contribution in [0.2, 0.25) is 0 Å². The average Bonchev–Trinajstić information content (AvgIpc) is 2.75. The molecule has 2 aromatic carbocycles. The van der Waals surface area contributed by atoms with Crippen molar-refractivity contribution >= 4 is 23.1 Å². The van der Waals surface area contributed by atoms with Crippen molar-refractivity contribution in [3.63, 3.8) is 0 Å². The molecule has 3 aromatic rings. The van der Waals surface area contributed by atoms with Gasteiger partial charge in [-0.2, -0.15) is 0 Å². The number of nitrogens with zero attached hydrogens (tertiary/aromatic N) is 2. The fourth-order valence-corrected chi connectivity index (χ4v) is 2.42. The van der Waals surface area contributed by atoms with Gasteiger partial charge >= 0.3 is 0 Å². The number of nitrogens with one attached hydrogen (secondary N) is 2. The monoisotopic (exact) mass is 380 g/mol. The Morgan fingerprint density at radius 3 is 2.18 bits per heavy atom. The molecule has 0 unspecified atom stereocenters. The molecule has 0 saturated carbocycles. The fraction of sp³-hybridized carbons (Fsp3) is 0.150. The van der Waals surface area contributed by atoms with Crippen LogP contribution in [-0.4, -0.2) is 37.2 Å². The highest BCUT2D eigenvalue weighted by atomic mass is 16.5. The van der Waals surface area contributed by atoms with Gasteiger partial charge in [-0.15, -0.1) is 0 Å². The zero-order chi connectivity index (χ0) is 19.9. The predicted molar refractivity (Wildman–Crippen MR) is 106 cm³/mol. The minimum Gasteiger partial charge on any atom is -0.497 e. The van der Waals surface area contributed by atoms with E-state index in [1.54, 1.807) is 57.7 Å². The first kappa shape index (κ1) is 19.0. The van der Waals surface area contributed by atoms with Gasteiger partial charge in [0.15, 0.2) is 0 Å². The van der Waals surface area contributed by atoms with Gasteiger partial charge in [0.1, 0.15) is 28.8 Å². The number of methoxy groups -OCH3 is 3. The van der Waals surface area contributed by atoms with Crippen LogP contribution in [0.15, 0.2) is 54.9 Å². The summed E-state index contributed by atoms with van der Waals surface area (Å²) in [4.78, 5) is 20.7. The fourth-order valence-electron chi connectivity index (χ4n) is 2.42. The van der Waals surface area contributed by atoms with E-state index in [9.17, 15) is 4.79 Å². The van der Waals surface area contributed by atoms with Gasteiger partial charge in [0.05, 0.1) is 39.4 Å². The molecule has 0 bridgehead atoms. The number of anilines is 3. The van der Waals surface area contributed by atoms with Crippen LogP contribution < -0.4 is 24.8 Å². The number of hydrogen-bond acceptors (Lipinski definition) is 7. The molecule has 0 saturated heterocycles. The number of ether oxygens (including phenoxy) is 3. The van der Waals surface area contributed by atoms with Gasteiger partial charge in [0, 0.05) is 11.8 Å². The third kappa shape index (κ3) is 4.47. The highest BCUT2D eigenvalue weighted by molar-refractivity contribution is 6.02. The number of aromatic nitrogens is 2. The summed E-state index contributed by atoms with van der Waals surface area (Å²) in [7, 11) is 4.74. The summed E-state index contributed by atoms with van der Waals surface area (Å²) >= 11 is 0. The molecule has 0 radical (unpaired) electrons. The van der Waals surface area contributed by atoms with E-state index in [0.717, 1.165) is 0 Å². The topological polar surface area (TPSA) is 94.6 Å². The van der Waals surface area contributed by atoms with Crippen molar-refractivity contribution in [2.24, 2.45) is 0 Å². The summed E-state index contributed by atoms with van der Waals surface area (Å²) < 4.78 is 15.6. The van der Waals surface area contributed by atoms with Crippen molar-refractivity contribution < 1.29 is 19.0 Å². The van der Waals surface area contributed by atoms with E-state index in [1.165, 1.54) is 12.4 Å². The molecule has 144 valence electrons. The standard InChI is InChI=1S/C20H20N4O4/c1-26-14-6-4-13(5-7-14)23-20(25)17-11-22-19(12-21-17)24-16-9-8-15(27-2)10-18(16)28-3/h4-12H,1-3H3,(H,22,24)(H,23,25). The van der Waals surface area contributed by atoms with E-state index in [4.69, 9.17) is 14.2 Å². The van der Waals surface area contributed by atoms with Gasteiger partial charge in [0.2, 0.25) is 0 Å². The van der Waals surface area contributed by atoms with Gasteiger partial charge in [0.25, 0.3) is 5.91 Å². The predicted octanol–water partition coefficient (Wildman–Crippen LogP) is 3.50. The lowest BCUT2D eigenvalue weighted by Gasteiger charge is -2.12. The molecule has 2 N–H and O–H groups in total. The smallest absolute Gasteiger partial charge is 0.275 e. The van der Waals surface area contributed by atoms with Crippen LogP contribution in [0.5, 0.6) is 17.2 Å². The van der Waals surface area contributed by atoms with E-state index < -0.39 is 0 Å². The number of carbonyl (C=O) groups is 1. The Hall–Kier alpha value is -3.81. The summed E-state index contributed by atoms with van der Waals surface area (Å²) in [6, 6.07) is 12.4. The minimum atomic E-state index is -0.355. The number of hydrogen-bond donors (Lipinski definition) is 2. The lowest BCUT2D eigenvalue weighted by molar-refractivity contribution is 0.102. The van der Waals surface area contributed by atoms with Crippen LogP contribution in [0, 0.1) is 0 Å². The average molecular weight is 380 g/mol. The zero-order valence-electron chi connectivity index (χ0n) is 15.7. The van der Waals surface area contributed by atoms with Gasteiger partial charge in [-0.05, 0) is 36.4 Å². The van der Waals surface area contributed by atoms with Crippen LogP contribution in [0.25, 0.3) is 0 Å². The van der Waals surface area contributed by atoms with E-state index in [0.29, 0.717) is 34.4 Å². The molecular formula is C20H20N4O4. The Balaban J connectivity index is 1.68. The Morgan fingerprint density at radius 2 is 1.57 bits per heavy atom. The Morgan fingerprint density at radius 1 is 0.857 bits per heavy atom. The van der Waals surface area contributed by atoms with E-state index in [2.05, 4.69) is 20.6 Å². The summed E-state index contributed by atoms with van der Waals surface area (Å²) in [5, 5.41) is 5.86. The molecule has 8 heteroatoms. The molecule has 1 amide bonds. The molecule has 8 nitrogen and oxygen atoms in total. The van der Waals surface area contributed by atoms with Crippen LogP contribution in [-0.2, 0) is 0 Å². The van der Waals surface area contributed by atoms with Gasteiger partial charge < -0.3 is 24.8 Å². The maximum absolute atomic E-state index is 12.3. The van der Waals surface area contributed by atoms with Crippen molar-refractivity contribution in [2.75, 3.05) is 32.0 Å². The van der Waals surface area contributed by atoms with Gasteiger partial charge in [-0.3, -0.25) is 4.79 Å². The Labute approximate surface area is 162 Å². The number of benzene rings is 2. The molecule has 1 heterocycles. The molecule has 0 aliphatic heterocycles. The third-order valence-corrected chi connectivity index (χ3v) is 3.90. The Bertz CT molecular complexity index is 943. The highest BCUT2D eigenvalue weighted by Gasteiger charge is 2.10. The number of rotatable bonds is 7. The molecule has 0 atom stereocenters. The van der Waals surface area contributed by atoms with Crippen LogP contribution >= 0.6 is 0 Å². The lowest BCUT2D eigenvalue weighted by Crippen LogP contribution is -2.14. The first-order valence-corrected chi connectivity index (χ1v) is 8.39. The van der Waals surface area contributed by atoms with Gasteiger partial charge in [-0.1, -0.05) is 0 Å². The van der Waals surface area contributed by atoms with Crippen molar-refractivity contribution in [3.8, 4) is 17.2 Å². The largest absolute Gasteiger partial charge is 0.497 e.